The van der Waals surface area contributed by atoms with Gasteiger partial charge in [-0.2, -0.15) is 5.10 Å². The molecule has 26 heavy (non-hydrogen) atoms. The van der Waals surface area contributed by atoms with Crippen LogP contribution in [0.25, 0.3) is 0 Å². The summed E-state index contributed by atoms with van der Waals surface area (Å²) in [5.41, 5.74) is 5.42. The number of hydrogen-bond acceptors (Lipinski definition) is 3. The Morgan fingerprint density at radius 2 is 2.12 bits per heavy atom. The molecule has 3 aliphatic rings. The van der Waals surface area contributed by atoms with Gasteiger partial charge >= 0.3 is 0 Å². The molecule has 2 aliphatic heterocycles. The van der Waals surface area contributed by atoms with Crippen molar-refractivity contribution in [2.45, 2.75) is 31.7 Å². The van der Waals surface area contributed by atoms with Crippen molar-refractivity contribution < 1.29 is 18.0 Å². The fraction of sp³-hybridized carbons (Fsp3) is 0.263. The van der Waals surface area contributed by atoms with E-state index in [4.69, 9.17) is 0 Å². The number of hydrogen-bond donors (Lipinski definition) is 1. The molecule has 0 spiro atoms. The summed E-state index contributed by atoms with van der Waals surface area (Å²) >= 11 is 0. The highest BCUT2D eigenvalue weighted by molar-refractivity contribution is 6.16. The topological polar surface area (TPSA) is 44.7 Å². The van der Waals surface area contributed by atoms with Crippen LogP contribution in [0.2, 0.25) is 0 Å². The third-order valence-corrected chi connectivity index (χ3v) is 4.81. The van der Waals surface area contributed by atoms with Gasteiger partial charge in [-0.1, -0.05) is 12.2 Å². The van der Waals surface area contributed by atoms with Crippen LogP contribution in [0.4, 0.5) is 13.2 Å². The molecule has 2 heterocycles. The van der Waals surface area contributed by atoms with E-state index in [1.54, 1.807) is 19.1 Å². The first-order valence-corrected chi connectivity index (χ1v) is 8.26. The largest absolute Gasteiger partial charge is 0.304 e. The quantitative estimate of drug-likeness (QED) is 0.882. The molecule has 4 rings (SSSR count). The standard InChI is InChI=1S/C19H16F3N3O/c1-10-9-11(20)5-6-12(10)17-13-7-8-16(26)25(19(13)24-23-17)18-14(21)3-2-4-15(18)22/h2-7,9,14,18-19,24H,8H2,1H3. The normalized spacial score (nSPS) is 27.5. The van der Waals surface area contributed by atoms with E-state index in [1.165, 1.54) is 29.2 Å². The second-order valence-electron chi connectivity index (χ2n) is 6.44. The van der Waals surface area contributed by atoms with Gasteiger partial charge in [0, 0.05) is 17.6 Å². The Kier molecular flexibility index (Phi) is 3.94. The number of alkyl halides is 1. The van der Waals surface area contributed by atoms with E-state index in [9.17, 15) is 18.0 Å². The molecule has 0 bridgehead atoms. The third-order valence-electron chi connectivity index (χ3n) is 4.81. The minimum absolute atomic E-state index is 0.0208. The molecular weight excluding hydrogens is 343 g/mol. The molecule has 0 fully saturated rings. The molecule has 1 aromatic carbocycles. The lowest BCUT2D eigenvalue weighted by Gasteiger charge is -2.39. The zero-order valence-corrected chi connectivity index (χ0v) is 13.9. The molecule has 0 radical (unpaired) electrons. The van der Waals surface area contributed by atoms with Gasteiger partial charge in [0.2, 0.25) is 5.91 Å². The highest BCUT2D eigenvalue weighted by Gasteiger charge is 2.44. The number of hydrazone groups is 1. The molecule has 1 amide bonds. The van der Waals surface area contributed by atoms with E-state index < -0.39 is 24.2 Å². The maximum absolute atomic E-state index is 14.4. The van der Waals surface area contributed by atoms with Crippen molar-refractivity contribution in [3.63, 3.8) is 0 Å². The summed E-state index contributed by atoms with van der Waals surface area (Å²) in [6, 6.07) is 3.01. The maximum atomic E-state index is 14.4. The summed E-state index contributed by atoms with van der Waals surface area (Å²) in [5, 5.41) is 4.27. The van der Waals surface area contributed by atoms with E-state index in [1.807, 2.05) is 0 Å². The number of nitrogens with one attached hydrogen (secondary N) is 1. The fourth-order valence-electron chi connectivity index (χ4n) is 3.58. The average Bonchev–Trinajstić information content (AvgIpc) is 3.00. The lowest BCUT2D eigenvalue weighted by atomic mass is 9.92. The van der Waals surface area contributed by atoms with Crippen LogP contribution in [0.15, 0.2) is 59.0 Å². The van der Waals surface area contributed by atoms with Crippen molar-refractivity contribution >= 4 is 11.6 Å². The van der Waals surface area contributed by atoms with Crippen LogP contribution in [0, 0.1) is 12.7 Å². The smallest absolute Gasteiger partial charge is 0.229 e. The molecule has 1 N–H and O–H groups in total. The Morgan fingerprint density at radius 3 is 2.85 bits per heavy atom. The summed E-state index contributed by atoms with van der Waals surface area (Å²) in [5.74, 6) is -1.45. The molecule has 0 saturated carbocycles. The van der Waals surface area contributed by atoms with E-state index in [-0.39, 0.29) is 18.1 Å². The number of allylic oxidation sites excluding steroid dienone is 2. The predicted octanol–water partition coefficient (Wildman–Crippen LogP) is 3.06. The first-order valence-electron chi connectivity index (χ1n) is 8.26. The molecule has 1 aromatic rings. The first-order chi connectivity index (χ1) is 12.5. The summed E-state index contributed by atoms with van der Waals surface area (Å²) in [6.07, 6.45) is 3.01. The molecule has 0 aromatic heterocycles. The SMILES string of the molecule is Cc1cc(F)ccc1C1=NNC2C1=CCC(=O)N2C1C(F)=CC=CC1F. The molecule has 4 nitrogen and oxygen atoms in total. The van der Waals surface area contributed by atoms with Gasteiger partial charge in [0.15, 0.2) is 0 Å². The Balaban J connectivity index is 1.70. The Morgan fingerprint density at radius 1 is 1.31 bits per heavy atom. The molecule has 0 saturated heterocycles. The van der Waals surface area contributed by atoms with Crippen LogP contribution >= 0.6 is 0 Å². The minimum Gasteiger partial charge on any atom is -0.304 e. The first kappa shape index (κ1) is 16.6. The van der Waals surface area contributed by atoms with Crippen LogP contribution in [-0.2, 0) is 4.79 Å². The van der Waals surface area contributed by atoms with Crippen molar-refractivity contribution in [3.8, 4) is 0 Å². The number of fused-ring (bicyclic) bond motifs is 1. The van der Waals surface area contributed by atoms with E-state index >= 15 is 0 Å². The molecular formula is C19H16F3N3O. The number of aryl methyl sites for hydroxylation is 1. The lowest BCUT2D eigenvalue weighted by molar-refractivity contribution is -0.136. The average molecular weight is 359 g/mol. The van der Waals surface area contributed by atoms with Crippen LogP contribution < -0.4 is 5.43 Å². The van der Waals surface area contributed by atoms with Crippen molar-refractivity contribution in [1.82, 2.24) is 10.3 Å². The summed E-state index contributed by atoms with van der Waals surface area (Å²) in [6.45, 7) is 1.76. The molecule has 134 valence electrons. The van der Waals surface area contributed by atoms with Gasteiger partial charge in [-0.3, -0.25) is 10.2 Å². The van der Waals surface area contributed by atoms with Gasteiger partial charge in [-0.15, -0.1) is 0 Å². The van der Waals surface area contributed by atoms with Crippen LogP contribution in [-0.4, -0.2) is 34.9 Å². The number of nitrogens with zero attached hydrogens (tertiary/aromatic N) is 2. The molecule has 1 aliphatic carbocycles. The van der Waals surface area contributed by atoms with Crippen LogP contribution in [0.3, 0.4) is 0 Å². The predicted molar refractivity (Wildman–Crippen MR) is 91.2 cm³/mol. The van der Waals surface area contributed by atoms with Gasteiger partial charge < -0.3 is 4.90 Å². The molecule has 3 atom stereocenters. The zero-order chi connectivity index (χ0) is 18.4. The van der Waals surface area contributed by atoms with Gasteiger partial charge in [0.25, 0.3) is 0 Å². The zero-order valence-electron chi connectivity index (χ0n) is 13.9. The van der Waals surface area contributed by atoms with Gasteiger partial charge in [0.1, 0.15) is 30.0 Å². The van der Waals surface area contributed by atoms with Gasteiger partial charge in [-0.25, -0.2) is 13.2 Å². The van der Waals surface area contributed by atoms with Gasteiger partial charge in [0.05, 0.1) is 5.71 Å². The van der Waals surface area contributed by atoms with Crippen molar-refractivity contribution in [3.05, 3.63) is 70.8 Å². The summed E-state index contributed by atoms with van der Waals surface area (Å²) in [7, 11) is 0. The van der Waals surface area contributed by atoms with Crippen LogP contribution in [0.5, 0.6) is 0 Å². The van der Waals surface area contributed by atoms with E-state index in [2.05, 4.69) is 10.5 Å². The number of carbonyl (C=O) groups is 1. The van der Waals surface area contributed by atoms with E-state index in [0.717, 1.165) is 6.08 Å². The summed E-state index contributed by atoms with van der Waals surface area (Å²) < 4.78 is 42.0. The Labute approximate surface area is 148 Å². The second kappa shape index (κ2) is 6.16. The lowest BCUT2D eigenvalue weighted by Crippen LogP contribution is -2.57. The number of halogens is 3. The summed E-state index contributed by atoms with van der Waals surface area (Å²) in [4.78, 5) is 13.6. The highest BCUT2D eigenvalue weighted by Crippen LogP contribution is 2.33. The highest BCUT2D eigenvalue weighted by atomic mass is 19.1. The number of carbonyl (C=O) groups excluding carboxylic acids is 1. The molecule has 7 heteroatoms. The minimum atomic E-state index is -1.64. The number of benzene rings is 1. The Hall–Kier alpha value is -2.83. The number of rotatable bonds is 2. The van der Waals surface area contributed by atoms with Crippen molar-refractivity contribution in [2.24, 2.45) is 5.10 Å². The third kappa shape index (κ3) is 2.55. The molecule has 3 unspecified atom stereocenters. The van der Waals surface area contributed by atoms with Crippen molar-refractivity contribution in [1.29, 1.82) is 0 Å². The fourth-order valence-corrected chi connectivity index (χ4v) is 3.58. The second-order valence-corrected chi connectivity index (χ2v) is 6.44. The van der Waals surface area contributed by atoms with Crippen LogP contribution in [0.1, 0.15) is 17.5 Å². The maximum Gasteiger partial charge on any atom is 0.229 e. The number of amides is 1. The van der Waals surface area contributed by atoms with Gasteiger partial charge in [-0.05, 0) is 42.8 Å². The monoisotopic (exact) mass is 359 g/mol. The van der Waals surface area contributed by atoms with Crippen molar-refractivity contribution in [2.75, 3.05) is 0 Å². The Bertz CT molecular complexity index is 903. The van der Waals surface area contributed by atoms with E-state index in [0.29, 0.717) is 22.4 Å².